The van der Waals surface area contributed by atoms with Crippen molar-refractivity contribution in [1.82, 2.24) is 20.0 Å². The molecule has 1 N–H and O–H groups in total. The van der Waals surface area contributed by atoms with Crippen molar-refractivity contribution in [3.63, 3.8) is 0 Å². The van der Waals surface area contributed by atoms with Crippen LogP contribution in [0.2, 0.25) is 0 Å². The monoisotopic (exact) mass is 354 g/mol. The van der Waals surface area contributed by atoms with Crippen LogP contribution in [0.4, 0.5) is 0 Å². The molecule has 26 heavy (non-hydrogen) atoms. The largest absolute Gasteiger partial charge is 0.306 e. The first-order chi connectivity index (χ1) is 12.3. The van der Waals surface area contributed by atoms with E-state index in [1.165, 1.54) is 16.8 Å². The maximum Gasteiger partial charge on any atom is 0.0546 e. The molecule has 1 fully saturated rings. The molecule has 0 saturated carbocycles. The lowest BCUT2D eigenvalue weighted by molar-refractivity contribution is 0.314. The van der Waals surface area contributed by atoms with Crippen LogP contribution < -0.4 is 5.32 Å². The first-order valence-corrected chi connectivity index (χ1v) is 9.83. The van der Waals surface area contributed by atoms with Gasteiger partial charge < -0.3 is 5.32 Å². The van der Waals surface area contributed by atoms with Gasteiger partial charge in [-0.3, -0.25) is 9.58 Å². The van der Waals surface area contributed by atoms with Gasteiger partial charge >= 0.3 is 0 Å². The summed E-state index contributed by atoms with van der Waals surface area (Å²) in [6, 6.07) is 11.6. The first-order valence-electron chi connectivity index (χ1n) is 9.83. The summed E-state index contributed by atoms with van der Waals surface area (Å²) < 4.78 is 2.14. The minimum Gasteiger partial charge on any atom is -0.306 e. The molecule has 1 aromatic carbocycles. The van der Waals surface area contributed by atoms with Gasteiger partial charge in [-0.05, 0) is 46.1 Å². The van der Waals surface area contributed by atoms with E-state index in [1.807, 2.05) is 6.20 Å². The fourth-order valence-electron chi connectivity index (χ4n) is 4.19. The van der Waals surface area contributed by atoms with Crippen molar-refractivity contribution in [2.24, 2.45) is 5.92 Å². The number of aromatic nitrogens is 2. The van der Waals surface area contributed by atoms with Gasteiger partial charge in [-0.25, -0.2) is 0 Å². The van der Waals surface area contributed by atoms with E-state index in [2.05, 4.69) is 91.9 Å². The highest BCUT2D eigenvalue weighted by atomic mass is 15.3. The van der Waals surface area contributed by atoms with Gasteiger partial charge in [-0.2, -0.15) is 5.10 Å². The van der Waals surface area contributed by atoms with Crippen LogP contribution in [0.3, 0.4) is 0 Å². The molecule has 4 nitrogen and oxygen atoms in total. The lowest BCUT2D eigenvalue weighted by Crippen LogP contribution is -2.37. The van der Waals surface area contributed by atoms with E-state index in [4.69, 9.17) is 0 Å². The van der Waals surface area contributed by atoms with E-state index in [9.17, 15) is 0 Å². The number of benzene rings is 1. The Hall–Kier alpha value is -1.65. The Bertz CT molecular complexity index is 713. The molecule has 0 aliphatic carbocycles. The number of hydrogen-bond acceptors (Lipinski definition) is 3. The van der Waals surface area contributed by atoms with Crippen molar-refractivity contribution < 1.29 is 0 Å². The van der Waals surface area contributed by atoms with E-state index in [-0.39, 0.29) is 5.54 Å². The van der Waals surface area contributed by atoms with Crippen LogP contribution in [-0.2, 0) is 12.1 Å². The molecule has 1 aromatic heterocycles. The number of hydrogen-bond donors (Lipinski definition) is 1. The number of rotatable bonds is 5. The van der Waals surface area contributed by atoms with Crippen LogP contribution in [0.1, 0.15) is 57.5 Å². The molecular weight excluding hydrogens is 320 g/mol. The summed E-state index contributed by atoms with van der Waals surface area (Å²) in [4.78, 5) is 2.57. The third-order valence-electron chi connectivity index (χ3n) is 5.55. The number of nitrogens with zero attached hydrogens (tertiary/aromatic N) is 3. The second-order valence-corrected chi connectivity index (χ2v) is 8.92. The van der Waals surface area contributed by atoms with Crippen molar-refractivity contribution >= 4 is 0 Å². The highest BCUT2D eigenvalue weighted by Crippen LogP contribution is 2.26. The quantitative estimate of drug-likeness (QED) is 0.877. The second kappa shape index (κ2) is 7.53. The molecule has 1 saturated heterocycles. The SMILES string of the molecule is Cc1c(C(C)NC2CN(Cc3ccccc3)CC2C)cnn1C(C)(C)C. The number of nitrogens with one attached hydrogen (secondary N) is 1. The van der Waals surface area contributed by atoms with E-state index in [0.717, 1.165) is 19.6 Å². The zero-order valence-corrected chi connectivity index (χ0v) is 17.2. The normalized spacial score (nSPS) is 22.7. The summed E-state index contributed by atoms with van der Waals surface area (Å²) in [6.45, 7) is 16.7. The van der Waals surface area contributed by atoms with Crippen molar-refractivity contribution in [3.8, 4) is 0 Å². The Kier molecular flexibility index (Phi) is 5.54. The standard InChI is InChI=1S/C22H34N4/c1-16-13-25(14-19-10-8-7-9-11-19)15-21(16)24-17(2)20-12-23-26(18(20)3)22(4,5)6/h7-12,16-17,21,24H,13-15H2,1-6H3. The van der Waals surface area contributed by atoms with Gasteiger partial charge in [0.2, 0.25) is 0 Å². The van der Waals surface area contributed by atoms with Gasteiger partial charge in [-0.15, -0.1) is 0 Å². The van der Waals surface area contributed by atoms with Crippen LogP contribution in [0.15, 0.2) is 36.5 Å². The molecule has 0 bridgehead atoms. The molecule has 3 unspecified atom stereocenters. The summed E-state index contributed by atoms with van der Waals surface area (Å²) in [5.74, 6) is 0.652. The molecule has 0 radical (unpaired) electrons. The van der Waals surface area contributed by atoms with Gasteiger partial charge in [0.1, 0.15) is 0 Å². The van der Waals surface area contributed by atoms with E-state index in [1.54, 1.807) is 0 Å². The van der Waals surface area contributed by atoms with Crippen molar-refractivity contribution in [3.05, 3.63) is 53.3 Å². The summed E-state index contributed by atoms with van der Waals surface area (Å²) in [5.41, 5.74) is 4.00. The Morgan fingerprint density at radius 2 is 1.88 bits per heavy atom. The van der Waals surface area contributed by atoms with Gasteiger partial charge in [0, 0.05) is 43.0 Å². The molecule has 0 amide bonds. The minimum absolute atomic E-state index is 0.0230. The zero-order chi connectivity index (χ0) is 18.9. The highest BCUT2D eigenvalue weighted by molar-refractivity contribution is 5.21. The summed E-state index contributed by atoms with van der Waals surface area (Å²) >= 11 is 0. The molecule has 1 aliphatic heterocycles. The fourth-order valence-corrected chi connectivity index (χ4v) is 4.19. The predicted octanol–water partition coefficient (Wildman–Crippen LogP) is 4.12. The van der Waals surface area contributed by atoms with Crippen molar-refractivity contribution in [2.45, 2.75) is 65.7 Å². The van der Waals surface area contributed by atoms with Crippen molar-refractivity contribution in [1.29, 1.82) is 0 Å². The van der Waals surface area contributed by atoms with Crippen LogP contribution in [0, 0.1) is 12.8 Å². The Labute approximate surface area is 158 Å². The van der Waals surface area contributed by atoms with Gasteiger partial charge in [-0.1, -0.05) is 37.3 Å². The fraction of sp³-hybridized carbons (Fsp3) is 0.591. The highest BCUT2D eigenvalue weighted by Gasteiger charge is 2.31. The van der Waals surface area contributed by atoms with E-state index in [0.29, 0.717) is 18.0 Å². The molecule has 142 valence electrons. The van der Waals surface area contributed by atoms with Gasteiger partial charge in [0.25, 0.3) is 0 Å². The predicted molar refractivity (Wildman–Crippen MR) is 108 cm³/mol. The van der Waals surface area contributed by atoms with Gasteiger partial charge in [0.15, 0.2) is 0 Å². The van der Waals surface area contributed by atoms with Crippen LogP contribution in [0.5, 0.6) is 0 Å². The molecular formula is C22H34N4. The number of likely N-dealkylation sites (tertiary alicyclic amines) is 1. The molecule has 3 atom stereocenters. The van der Waals surface area contributed by atoms with Crippen LogP contribution in [0.25, 0.3) is 0 Å². The Morgan fingerprint density at radius 3 is 2.50 bits per heavy atom. The average molecular weight is 355 g/mol. The molecule has 0 spiro atoms. The topological polar surface area (TPSA) is 33.1 Å². The van der Waals surface area contributed by atoms with E-state index >= 15 is 0 Å². The van der Waals surface area contributed by atoms with Crippen LogP contribution >= 0.6 is 0 Å². The summed E-state index contributed by atoms with van der Waals surface area (Å²) in [7, 11) is 0. The summed E-state index contributed by atoms with van der Waals surface area (Å²) in [5, 5.41) is 8.51. The zero-order valence-electron chi connectivity index (χ0n) is 17.2. The molecule has 2 aromatic rings. The van der Waals surface area contributed by atoms with E-state index < -0.39 is 0 Å². The maximum absolute atomic E-state index is 4.64. The molecule has 1 aliphatic rings. The molecule has 4 heteroatoms. The second-order valence-electron chi connectivity index (χ2n) is 8.92. The Balaban J connectivity index is 1.63. The first kappa shape index (κ1) is 19.1. The minimum atomic E-state index is 0.0230. The molecule has 2 heterocycles. The average Bonchev–Trinajstić information content (AvgIpc) is 3.11. The molecule has 3 rings (SSSR count). The lowest BCUT2D eigenvalue weighted by atomic mass is 10.0. The lowest BCUT2D eigenvalue weighted by Gasteiger charge is -2.24. The Morgan fingerprint density at radius 1 is 1.19 bits per heavy atom. The summed E-state index contributed by atoms with van der Waals surface area (Å²) in [6.07, 6.45) is 2.04. The van der Waals surface area contributed by atoms with Crippen molar-refractivity contribution in [2.75, 3.05) is 13.1 Å². The smallest absolute Gasteiger partial charge is 0.0546 e. The maximum atomic E-state index is 4.64. The van der Waals surface area contributed by atoms with Crippen LogP contribution in [-0.4, -0.2) is 33.8 Å². The third-order valence-corrected chi connectivity index (χ3v) is 5.55. The third kappa shape index (κ3) is 4.18. The van der Waals surface area contributed by atoms with Gasteiger partial charge in [0.05, 0.1) is 11.7 Å².